The fraction of sp³-hybridized carbons (Fsp3) is 0.214. The van der Waals surface area contributed by atoms with Crippen LogP contribution in [0.1, 0.15) is 36.4 Å². The zero-order valence-corrected chi connectivity index (χ0v) is 20.4. The minimum atomic E-state index is -0.120. The van der Waals surface area contributed by atoms with Gasteiger partial charge < -0.3 is 9.40 Å². The Balaban J connectivity index is 1.26. The minimum absolute atomic E-state index is 0.0746. The van der Waals surface area contributed by atoms with Crippen molar-refractivity contribution in [3.05, 3.63) is 95.7 Å². The van der Waals surface area contributed by atoms with Crippen molar-refractivity contribution in [2.75, 3.05) is 5.75 Å². The van der Waals surface area contributed by atoms with Crippen molar-refractivity contribution in [1.82, 2.24) is 20.2 Å². The molecular weight excluding hydrogens is 470 g/mol. The van der Waals surface area contributed by atoms with Crippen molar-refractivity contribution < 1.29 is 9.21 Å². The highest BCUT2D eigenvalue weighted by Crippen LogP contribution is 2.44. The lowest BCUT2D eigenvalue weighted by atomic mass is 9.77. The number of H-pyrrole nitrogens is 1. The molecule has 1 aliphatic carbocycles. The van der Waals surface area contributed by atoms with E-state index >= 15 is 0 Å². The number of benzene rings is 2. The molecule has 4 aromatic rings. The summed E-state index contributed by atoms with van der Waals surface area (Å²) < 4.78 is 5.72. The predicted octanol–water partition coefficient (Wildman–Crippen LogP) is 5.98. The third-order valence-corrected chi connectivity index (χ3v) is 7.40. The van der Waals surface area contributed by atoms with E-state index in [9.17, 15) is 4.79 Å². The highest BCUT2D eigenvalue weighted by Gasteiger charge is 2.43. The van der Waals surface area contributed by atoms with Gasteiger partial charge in [0.1, 0.15) is 5.69 Å². The highest BCUT2D eigenvalue weighted by molar-refractivity contribution is 7.99. The van der Waals surface area contributed by atoms with Crippen molar-refractivity contribution in [3.8, 4) is 11.6 Å². The number of carbonyl (C=O) groups excluding carboxylic acids is 1. The minimum Gasteiger partial charge on any atom is -0.410 e. The molecule has 2 aliphatic rings. The maximum atomic E-state index is 13.5. The number of hydrazone groups is 1. The smallest absolute Gasteiger partial charge is 0.277 e. The van der Waals surface area contributed by atoms with E-state index in [0.717, 1.165) is 41.8 Å². The summed E-state index contributed by atoms with van der Waals surface area (Å²) in [5, 5.41) is 15.2. The molecule has 1 N–H and O–H groups in total. The summed E-state index contributed by atoms with van der Waals surface area (Å²) in [4.78, 5) is 16.6. The van der Waals surface area contributed by atoms with Crippen LogP contribution in [0.25, 0.3) is 17.7 Å². The molecule has 8 heteroatoms. The summed E-state index contributed by atoms with van der Waals surface area (Å²) in [5.74, 6) is 0.666. The van der Waals surface area contributed by atoms with Crippen LogP contribution in [0.2, 0.25) is 0 Å². The number of amides is 1. The third kappa shape index (κ3) is 4.52. The van der Waals surface area contributed by atoms with Crippen molar-refractivity contribution in [2.24, 2.45) is 11.0 Å². The first-order valence-electron chi connectivity index (χ1n) is 12.1. The molecule has 7 nitrogen and oxygen atoms in total. The molecule has 2 aromatic carbocycles. The molecule has 36 heavy (non-hydrogen) atoms. The maximum absolute atomic E-state index is 13.5. The standard InChI is InChI=1S/C28H25N5O2S/c34-24(18-36-28-31-30-27(35-28)23-15-8-16-29-23)33-26(20-11-5-2-6-12-20)22-14-7-13-21(25(22)32-33)17-19-9-3-1-4-10-19/h1-6,8-12,15-17,22,26,29H,7,13-14,18H2. The molecule has 3 heterocycles. The van der Waals surface area contributed by atoms with Crippen molar-refractivity contribution in [3.63, 3.8) is 0 Å². The molecule has 6 rings (SSSR count). The van der Waals surface area contributed by atoms with Crippen molar-refractivity contribution >= 4 is 29.5 Å². The van der Waals surface area contributed by atoms with Crippen LogP contribution in [-0.4, -0.2) is 37.6 Å². The molecule has 2 atom stereocenters. The van der Waals surface area contributed by atoms with Gasteiger partial charge in [-0.1, -0.05) is 72.4 Å². The van der Waals surface area contributed by atoms with Crippen LogP contribution in [0.3, 0.4) is 0 Å². The van der Waals surface area contributed by atoms with Gasteiger partial charge in [-0.3, -0.25) is 4.79 Å². The van der Waals surface area contributed by atoms with E-state index < -0.39 is 0 Å². The van der Waals surface area contributed by atoms with Crippen molar-refractivity contribution in [2.45, 2.75) is 30.5 Å². The number of hydrogen-bond acceptors (Lipinski definition) is 6. The lowest BCUT2D eigenvalue weighted by Crippen LogP contribution is -2.32. The van der Waals surface area contributed by atoms with Gasteiger partial charge in [0.25, 0.3) is 17.0 Å². The summed E-state index contributed by atoms with van der Waals surface area (Å²) in [7, 11) is 0. The summed E-state index contributed by atoms with van der Waals surface area (Å²) in [5.41, 5.74) is 5.25. The molecule has 2 aromatic heterocycles. The van der Waals surface area contributed by atoms with Gasteiger partial charge in [0.2, 0.25) is 0 Å². The van der Waals surface area contributed by atoms with Gasteiger partial charge in [-0.2, -0.15) is 5.10 Å². The van der Waals surface area contributed by atoms with E-state index in [1.807, 2.05) is 48.5 Å². The van der Waals surface area contributed by atoms with Gasteiger partial charge in [0.15, 0.2) is 0 Å². The molecule has 1 fully saturated rings. The maximum Gasteiger partial charge on any atom is 0.277 e. The first-order chi connectivity index (χ1) is 17.8. The summed E-state index contributed by atoms with van der Waals surface area (Å²) in [6, 6.07) is 24.1. The second-order valence-corrected chi connectivity index (χ2v) is 9.83. The highest BCUT2D eigenvalue weighted by atomic mass is 32.2. The number of nitrogens with one attached hydrogen (secondary N) is 1. The largest absolute Gasteiger partial charge is 0.410 e. The number of aromatic nitrogens is 3. The predicted molar refractivity (Wildman–Crippen MR) is 140 cm³/mol. The lowest BCUT2D eigenvalue weighted by molar-refractivity contribution is -0.130. The second-order valence-electron chi connectivity index (χ2n) is 8.90. The van der Waals surface area contributed by atoms with Crippen LogP contribution < -0.4 is 0 Å². The Hall–Kier alpha value is -3.91. The Morgan fingerprint density at radius 2 is 1.86 bits per heavy atom. The topological polar surface area (TPSA) is 87.4 Å². The van der Waals surface area contributed by atoms with E-state index in [1.165, 1.54) is 17.3 Å². The fourth-order valence-electron chi connectivity index (χ4n) is 4.97. The van der Waals surface area contributed by atoms with Crippen LogP contribution in [0, 0.1) is 5.92 Å². The summed E-state index contributed by atoms with van der Waals surface area (Å²) in [6.45, 7) is 0. The second kappa shape index (κ2) is 9.99. The van der Waals surface area contributed by atoms with Gasteiger partial charge in [0, 0.05) is 12.1 Å². The molecule has 1 amide bonds. The van der Waals surface area contributed by atoms with Gasteiger partial charge >= 0.3 is 0 Å². The van der Waals surface area contributed by atoms with E-state index in [1.54, 1.807) is 11.2 Å². The molecule has 180 valence electrons. The quantitative estimate of drug-likeness (QED) is 0.333. The van der Waals surface area contributed by atoms with Gasteiger partial charge in [0.05, 0.1) is 17.5 Å². The number of hydrogen-bond donors (Lipinski definition) is 1. The van der Waals surface area contributed by atoms with Crippen LogP contribution in [0.15, 0.2) is 99.3 Å². The van der Waals surface area contributed by atoms with Gasteiger partial charge in [-0.25, -0.2) is 5.01 Å². The SMILES string of the molecule is O=C(CSc1nnc(-c2ccc[nH]2)o1)N1N=C2C(=Cc3ccccc3)CCCC2C1c1ccccc1. The molecular formula is C28H25N5O2S. The number of rotatable bonds is 6. The Labute approximate surface area is 213 Å². The summed E-state index contributed by atoms with van der Waals surface area (Å²) >= 11 is 1.24. The normalized spacial score (nSPS) is 20.4. The van der Waals surface area contributed by atoms with Crippen LogP contribution in [-0.2, 0) is 4.79 Å². The summed E-state index contributed by atoms with van der Waals surface area (Å²) in [6.07, 6.45) is 7.06. The van der Waals surface area contributed by atoms with Crippen LogP contribution >= 0.6 is 11.8 Å². The number of thioether (sulfide) groups is 1. The fourth-order valence-corrected chi connectivity index (χ4v) is 5.59. The van der Waals surface area contributed by atoms with Crippen molar-refractivity contribution in [1.29, 1.82) is 0 Å². The third-order valence-electron chi connectivity index (χ3n) is 6.59. The van der Waals surface area contributed by atoms with E-state index in [-0.39, 0.29) is 23.6 Å². The van der Waals surface area contributed by atoms with E-state index in [0.29, 0.717) is 11.1 Å². The number of nitrogens with zero attached hydrogens (tertiary/aromatic N) is 4. The Bertz CT molecular complexity index is 1400. The molecule has 0 bridgehead atoms. The lowest BCUT2D eigenvalue weighted by Gasteiger charge is -2.29. The Kier molecular flexibility index (Phi) is 6.26. The molecule has 2 unspecified atom stereocenters. The molecule has 0 spiro atoms. The molecule has 1 aliphatic heterocycles. The Morgan fingerprint density at radius 3 is 2.64 bits per heavy atom. The average molecular weight is 496 g/mol. The molecule has 1 saturated carbocycles. The zero-order valence-electron chi connectivity index (χ0n) is 19.6. The molecule has 0 radical (unpaired) electrons. The monoisotopic (exact) mass is 495 g/mol. The van der Waals surface area contributed by atoms with Gasteiger partial charge in [-0.05, 0) is 54.2 Å². The first-order valence-corrected chi connectivity index (χ1v) is 13.1. The first kappa shape index (κ1) is 22.5. The van der Waals surface area contributed by atoms with Crippen LogP contribution in [0.4, 0.5) is 0 Å². The Morgan fingerprint density at radius 1 is 1.06 bits per heavy atom. The number of aromatic amines is 1. The van der Waals surface area contributed by atoms with E-state index in [2.05, 4.69) is 45.5 Å². The number of fused-ring (bicyclic) bond motifs is 1. The zero-order chi connectivity index (χ0) is 24.3. The van der Waals surface area contributed by atoms with Crippen LogP contribution in [0.5, 0.6) is 0 Å². The van der Waals surface area contributed by atoms with Gasteiger partial charge in [-0.15, -0.1) is 10.2 Å². The molecule has 0 saturated heterocycles. The van der Waals surface area contributed by atoms with E-state index in [4.69, 9.17) is 9.52 Å². The number of allylic oxidation sites excluding steroid dienone is 1. The number of carbonyl (C=O) groups is 1. The average Bonchev–Trinajstić information content (AvgIpc) is 3.68.